The SMILES string of the molecule is Cc1ccc(C#N)c(N2CCOC(CN)C2)c1. The quantitative estimate of drug-likeness (QED) is 0.825. The first-order valence-electron chi connectivity index (χ1n) is 5.82. The van der Waals surface area contributed by atoms with Crippen LogP contribution in [0.1, 0.15) is 11.1 Å². The van der Waals surface area contributed by atoms with Gasteiger partial charge in [0.1, 0.15) is 6.07 Å². The lowest BCUT2D eigenvalue weighted by Gasteiger charge is -2.34. The maximum atomic E-state index is 9.13. The van der Waals surface area contributed by atoms with Crippen molar-refractivity contribution in [3.63, 3.8) is 0 Å². The first-order valence-corrected chi connectivity index (χ1v) is 5.82. The molecular weight excluding hydrogens is 214 g/mol. The van der Waals surface area contributed by atoms with Crippen molar-refractivity contribution in [2.45, 2.75) is 13.0 Å². The van der Waals surface area contributed by atoms with E-state index in [2.05, 4.69) is 17.0 Å². The highest BCUT2D eigenvalue weighted by Crippen LogP contribution is 2.23. The molecule has 17 heavy (non-hydrogen) atoms. The summed E-state index contributed by atoms with van der Waals surface area (Å²) in [4.78, 5) is 2.19. The predicted octanol–water partition coefficient (Wildman–Crippen LogP) is 1.03. The Morgan fingerprint density at radius 1 is 1.59 bits per heavy atom. The minimum Gasteiger partial charge on any atom is -0.373 e. The van der Waals surface area contributed by atoms with Gasteiger partial charge >= 0.3 is 0 Å². The molecule has 4 heteroatoms. The summed E-state index contributed by atoms with van der Waals surface area (Å²) in [7, 11) is 0. The lowest BCUT2D eigenvalue weighted by molar-refractivity contribution is 0.0465. The third-order valence-electron chi connectivity index (χ3n) is 3.02. The Balaban J connectivity index is 2.27. The molecule has 1 unspecified atom stereocenters. The number of ether oxygens (including phenoxy) is 1. The number of anilines is 1. The lowest BCUT2D eigenvalue weighted by Crippen LogP contribution is -2.46. The highest BCUT2D eigenvalue weighted by Gasteiger charge is 2.21. The third-order valence-corrected chi connectivity index (χ3v) is 3.02. The predicted molar refractivity (Wildman–Crippen MR) is 66.9 cm³/mol. The van der Waals surface area contributed by atoms with Gasteiger partial charge in [0.25, 0.3) is 0 Å². The number of rotatable bonds is 2. The Bertz CT molecular complexity index is 439. The van der Waals surface area contributed by atoms with Gasteiger partial charge in [0.05, 0.1) is 24.0 Å². The molecule has 2 N–H and O–H groups in total. The van der Waals surface area contributed by atoms with Crippen LogP contribution in [0.15, 0.2) is 18.2 Å². The second kappa shape index (κ2) is 5.17. The molecule has 0 spiro atoms. The van der Waals surface area contributed by atoms with E-state index in [0.717, 1.165) is 24.3 Å². The van der Waals surface area contributed by atoms with Gasteiger partial charge in [-0.1, -0.05) is 6.07 Å². The van der Waals surface area contributed by atoms with Gasteiger partial charge in [-0.15, -0.1) is 0 Å². The van der Waals surface area contributed by atoms with Crippen LogP contribution in [0.3, 0.4) is 0 Å². The van der Waals surface area contributed by atoms with Crippen LogP contribution in [0.25, 0.3) is 0 Å². The van der Waals surface area contributed by atoms with Gasteiger partial charge in [-0.2, -0.15) is 5.26 Å². The Morgan fingerprint density at radius 2 is 2.41 bits per heavy atom. The molecule has 1 aliphatic rings. The van der Waals surface area contributed by atoms with Gasteiger partial charge < -0.3 is 15.4 Å². The zero-order valence-corrected chi connectivity index (χ0v) is 10.0. The van der Waals surface area contributed by atoms with Crippen molar-refractivity contribution < 1.29 is 4.74 Å². The molecule has 4 nitrogen and oxygen atoms in total. The van der Waals surface area contributed by atoms with Gasteiger partial charge in [0.15, 0.2) is 0 Å². The fourth-order valence-electron chi connectivity index (χ4n) is 2.08. The Labute approximate surface area is 102 Å². The molecule has 2 rings (SSSR count). The van der Waals surface area contributed by atoms with Crippen molar-refractivity contribution in [3.8, 4) is 6.07 Å². The van der Waals surface area contributed by atoms with Crippen molar-refractivity contribution in [1.82, 2.24) is 0 Å². The minimum atomic E-state index is 0.0656. The highest BCUT2D eigenvalue weighted by molar-refractivity contribution is 5.61. The second-order valence-electron chi connectivity index (χ2n) is 4.31. The molecule has 0 radical (unpaired) electrons. The largest absolute Gasteiger partial charge is 0.373 e. The number of nitrogens with two attached hydrogens (primary N) is 1. The van der Waals surface area contributed by atoms with E-state index in [4.69, 9.17) is 15.7 Å². The number of aryl methyl sites for hydroxylation is 1. The fraction of sp³-hybridized carbons (Fsp3) is 0.462. The molecule has 1 fully saturated rings. The van der Waals surface area contributed by atoms with Crippen molar-refractivity contribution in [1.29, 1.82) is 5.26 Å². The Morgan fingerprint density at radius 3 is 3.12 bits per heavy atom. The van der Waals surface area contributed by atoms with Crippen LogP contribution in [0.4, 0.5) is 5.69 Å². The van der Waals surface area contributed by atoms with E-state index >= 15 is 0 Å². The van der Waals surface area contributed by atoms with Crippen molar-refractivity contribution in [2.24, 2.45) is 5.73 Å². The molecule has 1 aliphatic heterocycles. The molecule has 0 aromatic heterocycles. The second-order valence-corrected chi connectivity index (χ2v) is 4.31. The van der Waals surface area contributed by atoms with Gasteiger partial charge in [0.2, 0.25) is 0 Å². The molecule has 0 saturated carbocycles. The molecule has 1 aromatic rings. The minimum absolute atomic E-state index is 0.0656. The summed E-state index contributed by atoms with van der Waals surface area (Å²) >= 11 is 0. The third kappa shape index (κ3) is 2.57. The molecule has 1 heterocycles. The number of benzene rings is 1. The van der Waals surface area contributed by atoms with E-state index in [1.165, 1.54) is 0 Å². The van der Waals surface area contributed by atoms with Crippen LogP contribution in [0, 0.1) is 18.3 Å². The summed E-state index contributed by atoms with van der Waals surface area (Å²) in [5.74, 6) is 0. The van der Waals surface area contributed by atoms with Crippen LogP contribution < -0.4 is 10.6 Å². The first-order chi connectivity index (χ1) is 8.24. The maximum Gasteiger partial charge on any atom is 0.101 e. The summed E-state index contributed by atoms with van der Waals surface area (Å²) in [6, 6.07) is 8.13. The highest BCUT2D eigenvalue weighted by atomic mass is 16.5. The first kappa shape index (κ1) is 11.9. The van der Waals surface area contributed by atoms with Crippen molar-refractivity contribution >= 4 is 5.69 Å². The number of hydrogen-bond acceptors (Lipinski definition) is 4. The summed E-state index contributed by atoms with van der Waals surface area (Å²) in [5.41, 5.74) is 8.50. The maximum absolute atomic E-state index is 9.13. The standard InChI is InChI=1S/C13H17N3O/c1-10-2-3-11(7-14)13(6-10)16-4-5-17-12(8-15)9-16/h2-3,6,12H,4-5,8-9,15H2,1H3. The summed E-state index contributed by atoms with van der Waals surface area (Å²) < 4.78 is 5.53. The molecule has 0 amide bonds. The van der Waals surface area contributed by atoms with Crippen LogP contribution in [0.5, 0.6) is 0 Å². The van der Waals surface area contributed by atoms with Gasteiger partial charge in [-0.25, -0.2) is 0 Å². The van der Waals surface area contributed by atoms with Crippen molar-refractivity contribution in [2.75, 3.05) is 31.1 Å². The Kier molecular flexibility index (Phi) is 3.62. The fourth-order valence-corrected chi connectivity index (χ4v) is 2.08. The molecule has 1 saturated heterocycles. The van der Waals surface area contributed by atoms with Crippen molar-refractivity contribution in [3.05, 3.63) is 29.3 Å². The normalized spacial score (nSPS) is 20.1. The molecule has 0 bridgehead atoms. The van der Waals surface area contributed by atoms with E-state index in [1.807, 2.05) is 19.1 Å². The van der Waals surface area contributed by atoms with E-state index in [1.54, 1.807) is 0 Å². The molecular formula is C13H17N3O. The van der Waals surface area contributed by atoms with Crippen LogP contribution in [0.2, 0.25) is 0 Å². The number of nitriles is 1. The smallest absolute Gasteiger partial charge is 0.101 e. The van der Waals surface area contributed by atoms with E-state index in [0.29, 0.717) is 18.7 Å². The number of morpholine rings is 1. The van der Waals surface area contributed by atoms with E-state index in [9.17, 15) is 0 Å². The van der Waals surface area contributed by atoms with Crippen LogP contribution in [-0.4, -0.2) is 32.3 Å². The number of nitrogens with zero attached hydrogens (tertiary/aromatic N) is 2. The van der Waals surface area contributed by atoms with Gasteiger partial charge in [-0.3, -0.25) is 0 Å². The summed E-state index contributed by atoms with van der Waals surface area (Å²) in [5, 5.41) is 9.13. The summed E-state index contributed by atoms with van der Waals surface area (Å²) in [6.07, 6.45) is 0.0656. The molecule has 1 atom stereocenters. The zero-order valence-electron chi connectivity index (χ0n) is 10.0. The average molecular weight is 231 g/mol. The molecule has 90 valence electrons. The molecule has 1 aromatic carbocycles. The van der Waals surface area contributed by atoms with Gasteiger partial charge in [-0.05, 0) is 24.6 Å². The topological polar surface area (TPSA) is 62.3 Å². The zero-order chi connectivity index (χ0) is 12.3. The monoisotopic (exact) mass is 231 g/mol. The Hall–Kier alpha value is -1.57. The van der Waals surface area contributed by atoms with Crippen LogP contribution in [-0.2, 0) is 4.74 Å². The number of hydrogen-bond donors (Lipinski definition) is 1. The lowest BCUT2D eigenvalue weighted by atomic mass is 10.1. The van der Waals surface area contributed by atoms with Crippen LogP contribution >= 0.6 is 0 Å². The van der Waals surface area contributed by atoms with E-state index in [-0.39, 0.29) is 6.10 Å². The van der Waals surface area contributed by atoms with Gasteiger partial charge in [0, 0.05) is 19.6 Å². The average Bonchev–Trinajstić information content (AvgIpc) is 2.39. The summed E-state index contributed by atoms with van der Waals surface area (Å²) in [6.45, 7) is 4.79. The van der Waals surface area contributed by atoms with E-state index < -0.39 is 0 Å². The molecule has 0 aliphatic carbocycles.